The van der Waals surface area contributed by atoms with Crippen LogP contribution in [0.4, 0.5) is 5.69 Å². The predicted molar refractivity (Wildman–Crippen MR) is 72.2 cm³/mol. The Morgan fingerprint density at radius 2 is 2.11 bits per heavy atom. The van der Waals surface area contributed by atoms with Crippen molar-refractivity contribution in [3.63, 3.8) is 0 Å². The number of aryl methyl sites for hydroxylation is 1. The maximum Gasteiger partial charge on any atom is 0.275 e. The maximum absolute atomic E-state index is 12.0. The van der Waals surface area contributed by atoms with Crippen molar-refractivity contribution in [2.75, 3.05) is 18.5 Å². The number of carbonyl (C=O) groups is 1. The van der Waals surface area contributed by atoms with Crippen molar-refractivity contribution in [1.29, 1.82) is 0 Å². The molecule has 1 aromatic carbocycles. The van der Waals surface area contributed by atoms with E-state index in [1.54, 1.807) is 23.6 Å². The highest BCUT2D eigenvalue weighted by Crippen LogP contribution is 2.32. The smallest absolute Gasteiger partial charge is 0.275 e. The van der Waals surface area contributed by atoms with E-state index in [1.807, 2.05) is 6.92 Å². The number of rotatable bonds is 2. The van der Waals surface area contributed by atoms with Gasteiger partial charge in [-0.05, 0) is 19.1 Å². The molecule has 0 aliphatic carbocycles. The highest BCUT2D eigenvalue weighted by molar-refractivity contribution is 7.09. The molecule has 0 saturated heterocycles. The third kappa shape index (κ3) is 2.53. The van der Waals surface area contributed by atoms with E-state index in [4.69, 9.17) is 9.47 Å². The summed E-state index contributed by atoms with van der Waals surface area (Å²) in [7, 11) is 0. The first-order valence-corrected chi connectivity index (χ1v) is 6.73. The maximum atomic E-state index is 12.0. The summed E-state index contributed by atoms with van der Waals surface area (Å²) >= 11 is 1.45. The van der Waals surface area contributed by atoms with Crippen LogP contribution in [-0.4, -0.2) is 24.1 Å². The number of hydrogen-bond donors (Lipinski definition) is 1. The molecule has 98 valence electrons. The van der Waals surface area contributed by atoms with Crippen molar-refractivity contribution < 1.29 is 14.3 Å². The molecular weight excluding hydrogens is 264 g/mol. The fourth-order valence-electron chi connectivity index (χ4n) is 1.78. The summed E-state index contributed by atoms with van der Waals surface area (Å²) in [6.07, 6.45) is 0. The lowest BCUT2D eigenvalue weighted by Crippen LogP contribution is -2.16. The average Bonchev–Trinajstić information content (AvgIpc) is 2.85. The largest absolute Gasteiger partial charge is 0.486 e. The molecule has 1 aliphatic rings. The number of ether oxygens (including phenoxy) is 2. The monoisotopic (exact) mass is 276 g/mol. The summed E-state index contributed by atoms with van der Waals surface area (Å²) in [6.45, 7) is 2.94. The molecule has 0 atom stereocenters. The quantitative estimate of drug-likeness (QED) is 0.915. The second-order valence-electron chi connectivity index (χ2n) is 4.06. The van der Waals surface area contributed by atoms with Gasteiger partial charge in [-0.3, -0.25) is 4.79 Å². The van der Waals surface area contributed by atoms with Crippen molar-refractivity contribution in [1.82, 2.24) is 4.98 Å². The third-order valence-electron chi connectivity index (χ3n) is 2.65. The lowest BCUT2D eigenvalue weighted by Gasteiger charge is -2.18. The van der Waals surface area contributed by atoms with Crippen LogP contribution in [0, 0.1) is 6.92 Å². The van der Waals surface area contributed by atoms with Gasteiger partial charge in [0.15, 0.2) is 11.5 Å². The van der Waals surface area contributed by atoms with E-state index in [-0.39, 0.29) is 5.91 Å². The van der Waals surface area contributed by atoms with Gasteiger partial charge in [0.1, 0.15) is 18.9 Å². The fraction of sp³-hybridized carbons (Fsp3) is 0.231. The first kappa shape index (κ1) is 12.0. The Balaban J connectivity index is 1.78. The zero-order chi connectivity index (χ0) is 13.2. The van der Waals surface area contributed by atoms with Gasteiger partial charge in [-0.25, -0.2) is 4.98 Å². The zero-order valence-corrected chi connectivity index (χ0v) is 11.1. The molecule has 2 heterocycles. The van der Waals surface area contributed by atoms with E-state index in [9.17, 15) is 4.79 Å². The van der Waals surface area contributed by atoms with E-state index in [0.29, 0.717) is 36.1 Å². The van der Waals surface area contributed by atoms with Crippen LogP contribution in [0.25, 0.3) is 0 Å². The molecule has 3 rings (SSSR count). The topological polar surface area (TPSA) is 60.5 Å². The summed E-state index contributed by atoms with van der Waals surface area (Å²) < 4.78 is 10.9. The van der Waals surface area contributed by atoms with E-state index in [0.717, 1.165) is 5.01 Å². The molecule has 0 spiro atoms. The molecule has 19 heavy (non-hydrogen) atoms. The molecule has 5 nitrogen and oxygen atoms in total. The molecule has 1 aliphatic heterocycles. The first-order valence-electron chi connectivity index (χ1n) is 5.85. The van der Waals surface area contributed by atoms with Crippen molar-refractivity contribution in [2.45, 2.75) is 6.92 Å². The number of hydrogen-bond acceptors (Lipinski definition) is 5. The Morgan fingerprint density at radius 1 is 1.32 bits per heavy atom. The molecule has 1 aromatic heterocycles. The number of fused-ring (bicyclic) bond motifs is 1. The third-order valence-corrected chi connectivity index (χ3v) is 3.43. The molecule has 0 fully saturated rings. The number of benzene rings is 1. The number of nitrogens with one attached hydrogen (secondary N) is 1. The second kappa shape index (κ2) is 4.89. The van der Waals surface area contributed by atoms with Gasteiger partial charge in [-0.15, -0.1) is 11.3 Å². The first-order chi connectivity index (χ1) is 9.22. The minimum atomic E-state index is -0.221. The van der Waals surface area contributed by atoms with Crippen LogP contribution in [0.2, 0.25) is 0 Å². The Kier molecular flexibility index (Phi) is 3.08. The van der Waals surface area contributed by atoms with E-state index in [2.05, 4.69) is 10.3 Å². The van der Waals surface area contributed by atoms with Gasteiger partial charge in [0.2, 0.25) is 0 Å². The van der Waals surface area contributed by atoms with Gasteiger partial charge < -0.3 is 14.8 Å². The SMILES string of the molecule is Cc1nc(C(=O)Nc2ccc3c(c2)OCCO3)cs1. The van der Waals surface area contributed by atoms with Crippen molar-refractivity contribution in [3.05, 3.63) is 34.3 Å². The molecule has 0 unspecified atom stereocenters. The van der Waals surface area contributed by atoms with Gasteiger partial charge in [-0.2, -0.15) is 0 Å². The summed E-state index contributed by atoms with van der Waals surface area (Å²) in [6, 6.07) is 5.33. The highest BCUT2D eigenvalue weighted by atomic mass is 32.1. The van der Waals surface area contributed by atoms with Crippen molar-refractivity contribution in [2.24, 2.45) is 0 Å². The molecule has 0 radical (unpaired) electrons. The number of anilines is 1. The number of nitrogens with zero attached hydrogens (tertiary/aromatic N) is 1. The van der Waals surface area contributed by atoms with Crippen molar-refractivity contribution >= 4 is 22.9 Å². The molecular formula is C13H12N2O3S. The number of thiazole rings is 1. The zero-order valence-electron chi connectivity index (χ0n) is 10.3. The average molecular weight is 276 g/mol. The Bertz CT molecular complexity index is 624. The summed E-state index contributed by atoms with van der Waals surface area (Å²) in [5, 5.41) is 5.40. The van der Waals surface area contributed by atoms with Crippen molar-refractivity contribution in [3.8, 4) is 11.5 Å². The van der Waals surface area contributed by atoms with Crippen LogP contribution in [-0.2, 0) is 0 Å². The molecule has 0 bridgehead atoms. The van der Waals surface area contributed by atoms with Crippen LogP contribution < -0.4 is 14.8 Å². The summed E-state index contributed by atoms with van der Waals surface area (Å²) in [5.74, 6) is 1.13. The van der Waals surface area contributed by atoms with Gasteiger partial charge in [0.05, 0.1) is 5.01 Å². The molecule has 1 N–H and O–H groups in total. The fourth-order valence-corrected chi connectivity index (χ4v) is 2.38. The van der Waals surface area contributed by atoms with E-state index < -0.39 is 0 Å². The summed E-state index contributed by atoms with van der Waals surface area (Å²) in [4.78, 5) is 16.1. The predicted octanol–water partition coefficient (Wildman–Crippen LogP) is 2.48. The van der Waals surface area contributed by atoms with Crippen LogP contribution in [0.5, 0.6) is 11.5 Å². The minimum absolute atomic E-state index is 0.221. The molecule has 6 heteroatoms. The molecule has 0 saturated carbocycles. The van der Waals surface area contributed by atoms with Crippen LogP contribution in [0.1, 0.15) is 15.5 Å². The summed E-state index contributed by atoms with van der Waals surface area (Å²) in [5.41, 5.74) is 1.09. The Labute approximate surface area is 114 Å². The standard InChI is InChI=1S/C13H12N2O3S/c1-8-14-10(7-19-8)13(16)15-9-2-3-11-12(6-9)18-5-4-17-11/h2-3,6-7H,4-5H2,1H3,(H,15,16). The Morgan fingerprint density at radius 3 is 2.84 bits per heavy atom. The van der Waals surface area contributed by atoms with E-state index in [1.165, 1.54) is 11.3 Å². The molecule has 1 amide bonds. The normalized spacial score (nSPS) is 13.1. The van der Waals surface area contributed by atoms with Crippen LogP contribution in [0.15, 0.2) is 23.6 Å². The Hall–Kier alpha value is -2.08. The van der Waals surface area contributed by atoms with Gasteiger partial charge in [-0.1, -0.05) is 0 Å². The second-order valence-corrected chi connectivity index (χ2v) is 5.13. The van der Waals surface area contributed by atoms with Crippen LogP contribution in [0.3, 0.4) is 0 Å². The number of amides is 1. The minimum Gasteiger partial charge on any atom is -0.486 e. The van der Waals surface area contributed by atoms with Gasteiger partial charge in [0, 0.05) is 17.1 Å². The van der Waals surface area contributed by atoms with Gasteiger partial charge >= 0.3 is 0 Å². The molecule has 2 aromatic rings. The number of aromatic nitrogens is 1. The highest BCUT2D eigenvalue weighted by Gasteiger charge is 2.14. The van der Waals surface area contributed by atoms with Gasteiger partial charge in [0.25, 0.3) is 5.91 Å². The lowest BCUT2D eigenvalue weighted by molar-refractivity contribution is 0.102. The van der Waals surface area contributed by atoms with Crippen LogP contribution >= 0.6 is 11.3 Å². The lowest BCUT2D eigenvalue weighted by atomic mass is 10.2. The number of carbonyl (C=O) groups excluding carboxylic acids is 1. The van der Waals surface area contributed by atoms with E-state index >= 15 is 0 Å².